The summed E-state index contributed by atoms with van der Waals surface area (Å²) in [5.41, 5.74) is 0.215. The van der Waals surface area contributed by atoms with Crippen LogP contribution >= 0.6 is 0 Å². The zero-order chi connectivity index (χ0) is 12.5. The largest absolute Gasteiger partial charge is 0.480 e. The van der Waals surface area contributed by atoms with Crippen LogP contribution in [0, 0.1) is 12.3 Å². The van der Waals surface area contributed by atoms with E-state index in [-0.39, 0.29) is 6.54 Å². The number of aliphatic carboxylic acids is 1. The van der Waals surface area contributed by atoms with Crippen LogP contribution in [0.3, 0.4) is 0 Å². The van der Waals surface area contributed by atoms with Crippen LogP contribution in [0.1, 0.15) is 24.2 Å². The van der Waals surface area contributed by atoms with Crippen LogP contribution in [0.15, 0.2) is 12.4 Å². The average Bonchev–Trinajstić information content (AvgIpc) is 3.09. The van der Waals surface area contributed by atoms with E-state index in [9.17, 15) is 9.59 Å². The van der Waals surface area contributed by atoms with E-state index in [4.69, 9.17) is 5.11 Å². The van der Waals surface area contributed by atoms with Crippen LogP contribution in [0.25, 0.3) is 0 Å². The molecule has 0 atom stereocenters. The molecule has 0 spiro atoms. The fraction of sp³-hybridized carbons (Fsp3) is 0.455. The van der Waals surface area contributed by atoms with Crippen LogP contribution in [0.4, 0.5) is 0 Å². The summed E-state index contributed by atoms with van der Waals surface area (Å²) in [5, 5.41) is 11.5. The Morgan fingerprint density at radius 2 is 2.12 bits per heavy atom. The van der Waals surface area contributed by atoms with Gasteiger partial charge in [0.25, 0.3) is 0 Å². The van der Waals surface area contributed by atoms with Gasteiger partial charge in [0.2, 0.25) is 5.91 Å². The number of nitrogens with one attached hydrogen (secondary N) is 1. The van der Waals surface area contributed by atoms with Crippen molar-refractivity contribution >= 4 is 11.9 Å². The maximum atomic E-state index is 11.7. The summed E-state index contributed by atoms with van der Waals surface area (Å²) in [5.74, 6) is -1.49. The molecule has 0 aliphatic heterocycles. The first-order valence-corrected chi connectivity index (χ1v) is 5.34. The summed E-state index contributed by atoms with van der Waals surface area (Å²) in [6.45, 7) is 2.03. The second kappa shape index (κ2) is 4.12. The van der Waals surface area contributed by atoms with Gasteiger partial charge in [0.15, 0.2) is 0 Å². The fourth-order valence-corrected chi connectivity index (χ4v) is 1.51. The highest BCUT2D eigenvalue weighted by atomic mass is 16.4. The van der Waals surface area contributed by atoms with Gasteiger partial charge in [0.05, 0.1) is 24.1 Å². The average molecular weight is 235 g/mol. The van der Waals surface area contributed by atoms with E-state index in [1.54, 1.807) is 12.4 Å². The molecular formula is C11H13N3O3. The maximum Gasteiger partial charge on any atom is 0.319 e. The molecule has 0 saturated heterocycles. The highest BCUT2D eigenvalue weighted by Crippen LogP contribution is 2.46. The van der Waals surface area contributed by atoms with Crippen molar-refractivity contribution in [3.63, 3.8) is 0 Å². The molecule has 1 fully saturated rings. The number of aryl methyl sites for hydroxylation is 1. The minimum Gasteiger partial charge on any atom is -0.480 e. The van der Waals surface area contributed by atoms with Crippen LogP contribution < -0.4 is 5.32 Å². The van der Waals surface area contributed by atoms with Crippen molar-refractivity contribution in [2.45, 2.75) is 26.3 Å². The van der Waals surface area contributed by atoms with Gasteiger partial charge in [-0.2, -0.15) is 0 Å². The van der Waals surface area contributed by atoms with Crippen molar-refractivity contribution < 1.29 is 14.7 Å². The van der Waals surface area contributed by atoms with Crippen molar-refractivity contribution in [2.24, 2.45) is 5.41 Å². The Bertz CT molecular complexity index is 452. The van der Waals surface area contributed by atoms with Crippen molar-refractivity contribution in [2.75, 3.05) is 0 Å². The summed E-state index contributed by atoms with van der Waals surface area (Å²) in [4.78, 5) is 30.7. The van der Waals surface area contributed by atoms with Gasteiger partial charge < -0.3 is 10.4 Å². The van der Waals surface area contributed by atoms with Crippen molar-refractivity contribution in [1.29, 1.82) is 0 Å². The zero-order valence-corrected chi connectivity index (χ0v) is 9.43. The lowest BCUT2D eigenvalue weighted by Gasteiger charge is -2.10. The number of rotatable bonds is 4. The number of aromatic nitrogens is 2. The Morgan fingerprint density at radius 1 is 1.41 bits per heavy atom. The topological polar surface area (TPSA) is 92.2 Å². The summed E-state index contributed by atoms with van der Waals surface area (Å²) in [7, 11) is 0. The second-order valence-electron chi connectivity index (χ2n) is 4.22. The van der Waals surface area contributed by atoms with E-state index in [0.717, 1.165) is 5.69 Å². The predicted molar refractivity (Wildman–Crippen MR) is 57.9 cm³/mol. The maximum absolute atomic E-state index is 11.7. The number of carboxylic acid groups (broad SMARTS) is 1. The van der Waals surface area contributed by atoms with E-state index in [2.05, 4.69) is 15.3 Å². The normalized spacial score (nSPS) is 16.3. The van der Waals surface area contributed by atoms with Gasteiger partial charge in [-0.15, -0.1) is 0 Å². The molecule has 2 N–H and O–H groups in total. The molecule has 1 saturated carbocycles. The first-order valence-electron chi connectivity index (χ1n) is 5.34. The van der Waals surface area contributed by atoms with E-state index >= 15 is 0 Å². The van der Waals surface area contributed by atoms with E-state index in [0.29, 0.717) is 18.5 Å². The molecule has 1 heterocycles. The molecule has 0 unspecified atom stereocenters. The molecule has 0 radical (unpaired) electrons. The van der Waals surface area contributed by atoms with Gasteiger partial charge in [-0.05, 0) is 19.8 Å². The van der Waals surface area contributed by atoms with Crippen LogP contribution in [0.5, 0.6) is 0 Å². The SMILES string of the molecule is Cc1cnc(CNC(=O)C2(C(=O)O)CC2)cn1. The van der Waals surface area contributed by atoms with E-state index < -0.39 is 17.3 Å². The highest BCUT2D eigenvalue weighted by Gasteiger charge is 2.56. The fourth-order valence-electron chi connectivity index (χ4n) is 1.51. The monoisotopic (exact) mass is 235 g/mol. The first kappa shape index (κ1) is 11.5. The Morgan fingerprint density at radius 3 is 2.59 bits per heavy atom. The van der Waals surface area contributed by atoms with Gasteiger partial charge in [-0.1, -0.05) is 0 Å². The molecule has 1 aromatic heterocycles. The molecule has 17 heavy (non-hydrogen) atoms. The molecule has 6 nitrogen and oxygen atoms in total. The first-order chi connectivity index (χ1) is 8.04. The lowest BCUT2D eigenvalue weighted by Crippen LogP contribution is -2.36. The Labute approximate surface area is 98.1 Å². The minimum atomic E-state index is -1.20. The van der Waals surface area contributed by atoms with Gasteiger partial charge in [-0.3, -0.25) is 19.6 Å². The highest BCUT2D eigenvalue weighted by molar-refractivity contribution is 6.04. The summed E-state index contributed by atoms with van der Waals surface area (Å²) >= 11 is 0. The standard InChI is InChI=1S/C11H13N3O3/c1-7-4-13-8(5-12-7)6-14-9(15)11(2-3-11)10(16)17/h4-5H,2-3,6H2,1H3,(H,14,15)(H,16,17). The van der Waals surface area contributed by atoms with Crippen molar-refractivity contribution in [3.8, 4) is 0 Å². The van der Waals surface area contributed by atoms with Crippen molar-refractivity contribution in [1.82, 2.24) is 15.3 Å². The molecule has 0 bridgehead atoms. The van der Waals surface area contributed by atoms with Gasteiger partial charge in [0.1, 0.15) is 5.41 Å². The summed E-state index contributed by atoms with van der Waals surface area (Å²) in [6.07, 6.45) is 3.99. The smallest absolute Gasteiger partial charge is 0.319 e. The molecule has 1 aliphatic rings. The number of carboxylic acids is 1. The Balaban J connectivity index is 1.93. The molecule has 2 rings (SSSR count). The van der Waals surface area contributed by atoms with Crippen LogP contribution in [-0.4, -0.2) is 27.0 Å². The van der Waals surface area contributed by atoms with Gasteiger partial charge in [-0.25, -0.2) is 0 Å². The van der Waals surface area contributed by atoms with Gasteiger partial charge >= 0.3 is 5.97 Å². The van der Waals surface area contributed by atoms with Crippen LogP contribution in [-0.2, 0) is 16.1 Å². The third kappa shape index (κ3) is 2.25. The number of nitrogens with zero attached hydrogens (tertiary/aromatic N) is 2. The molecule has 1 aliphatic carbocycles. The molecule has 1 aromatic rings. The third-order valence-electron chi connectivity index (χ3n) is 2.86. The predicted octanol–water partition coefficient (Wildman–Crippen LogP) is 0.266. The number of hydrogen-bond acceptors (Lipinski definition) is 4. The number of amides is 1. The molecule has 90 valence electrons. The lowest BCUT2D eigenvalue weighted by molar-refractivity contribution is -0.149. The van der Waals surface area contributed by atoms with Crippen LogP contribution in [0.2, 0.25) is 0 Å². The lowest BCUT2D eigenvalue weighted by atomic mass is 10.1. The van der Waals surface area contributed by atoms with Crippen molar-refractivity contribution in [3.05, 3.63) is 23.8 Å². The van der Waals surface area contributed by atoms with Gasteiger partial charge in [0, 0.05) is 6.20 Å². The molecule has 1 amide bonds. The third-order valence-corrected chi connectivity index (χ3v) is 2.86. The summed E-state index contributed by atoms with van der Waals surface area (Å²) < 4.78 is 0. The Kier molecular flexibility index (Phi) is 2.79. The number of carbonyl (C=O) groups is 2. The van der Waals surface area contributed by atoms with E-state index in [1.807, 2.05) is 6.92 Å². The van der Waals surface area contributed by atoms with E-state index in [1.165, 1.54) is 0 Å². The summed E-state index contributed by atoms with van der Waals surface area (Å²) in [6, 6.07) is 0. The Hall–Kier alpha value is -1.98. The quantitative estimate of drug-likeness (QED) is 0.730. The second-order valence-corrected chi connectivity index (χ2v) is 4.22. The number of carbonyl (C=O) groups excluding carboxylic acids is 1. The molecule has 0 aromatic carbocycles. The molecule has 6 heteroatoms. The zero-order valence-electron chi connectivity index (χ0n) is 9.43. The molecular weight excluding hydrogens is 222 g/mol. The number of hydrogen-bond donors (Lipinski definition) is 2. The minimum absolute atomic E-state index is 0.209.